The first-order valence-corrected chi connectivity index (χ1v) is 6.94. The second-order valence-corrected chi connectivity index (χ2v) is 5.07. The number of carbonyl (C=O) groups excluding carboxylic acids is 1. The summed E-state index contributed by atoms with van der Waals surface area (Å²) >= 11 is 6.06. The van der Waals surface area contributed by atoms with E-state index in [0.29, 0.717) is 23.7 Å². The predicted molar refractivity (Wildman–Crippen MR) is 80.8 cm³/mol. The van der Waals surface area contributed by atoms with Crippen LogP contribution in [0.4, 0.5) is 0 Å². The summed E-state index contributed by atoms with van der Waals surface area (Å²) in [6.45, 7) is 5.19. The number of hydrogen-bond acceptors (Lipinski definition) is 2. The van der Waals surface area contributed by atoms with E-state index in [0.717, 1.165) is 5.56 Å². The highest BCUT2D eigenvalue weighted by atomic mass is 35.5. The smallest absolute Gasteiger partial charge is 0.257 e. The maximum atomic E-state index is 12.5. The fraction of sp³-hybridized carbons (Fsp3) is 0.250. The fourth-order valence-electron chi connectivity index (χ4n) is 2.06. The van der Waals surface area contributed by atoms with E-state index in [4.69, 9.17) is 11.6 Å². The molecule has 3 nitrogen and oxygen atoms in total. The third-order valence-electron chi connectivity index (χ3n) is 3.12. The van der Waals surface area contributed by atoms with Gasteiger partial charge < -0.3 is 4.90 Å². The molecular formula is C16H17ClN2O. The van der Waals surface area contributed by atoms with Crippen LogP contribution in [0.2, 0.25) is 5.02 Å². The molecular weight excluding hydrogens is 272 g/mol. The van der Waals surface area contributed by atoms with E-state index in [2.05, 4.69) is 11.1 Å². The number of benzene rings is 1. The van der Waals surface area contributed by atoms with E-state index in [1.807, 2.05) is 32.0 Å². The first-order valence-electron chi connectivity index (χ1n) is 6.56. The standard InChI is InChI=1S/C16H17ClN2O/c1-3-19(11-13-6-4-5-12(2)9-13)16(20)14-10-18-8-7-15(14)17/h4-10H,3,11H2,1-2H3. The first kappa shape index (κ1) is 14.5. The molecule has 2 aromatic rings. The molecule has 0 N–H and O–H groups in total. The summed E-state index contributed by atoms with van der Waals surface area (Å²) < 4.78 is 0. The third-order valence-corrected chi connectivity index (χ3v) is 3.45. The van der Waals surface area contributed by atoms with Crippen LogP contribution >= 0.6 is 11.6 Å². The average molecular weight is 289 g/mol. The van der Waals surface area contributed by atoms with Crippen LogP contribution in [0.3, 0.4) is 0 Å². The minimum absolute atomic E-state index is 0.0906. The largest absolute Gasteiger partial charge is 0.335 e. The Bertz CT molecular complexity index is 613. The summed E-state index contributed by atoms with van der Waals surface area (Å²) in [5, 5.41) is 0.438. The molecule has 104 valence electrons. The summed E-state index contributed by atoms with van der Waals surface area (Å²) in [6, 6.07) is 9.78. The van der Waals surface area contributed by atoms with Crippen molar-refractivity contribution in [3.05, 3.63) is 64.4 Å². The van der Waals surface area contributed by atoms with Crippen LogP contribution in [0.25, 0.3) is 0 Å². The number of hydrogen-bond donors (Lipinski definition) is 0. The maximum absolute atomic E-state index is 12.5. The summed E-state index contributed by atoms with van der Waals surface area (Å²) in [7, 11) is 0. The van der Waals surface area contributed by atoms with Gasteiger partial charge in [-0.2, -0.15) is 0 Å². The molecule has 1 amide bonds. The van der Waals surface area contributed by atoms with Crippen molar-refractivity contribution in [2.75, 3.05) is 6.54 Å². The topological polar surface area (TPSA) is 33.2 Å². The zero-order valence-electron chi connectivity index (χ0n) is 11.6. The van der Waals surface area contributed by atoms with Crippen molar-refractivity contribution < 1.29 is 4.79 Å². The summed E-state index contributed by atoms with van der Waals surface area (Å²) in [5.41, 5.74) is 2.74. The Labute approximate surface area is 124 Å². The average Bonchev–Trinajstić information content (AvgIpc) is 2.44. The lowest BCUT2D eigenvalue weighted by Gasteiger charge is -2.21. The van der Waals surface area contributed by atoms with Gasteiger partial charge in [0.1, 0.15) is 0 Å². The van der Waals surface area contributed by atoms with E-state index in [-0.39, 0.29) is 5.91 Å². The van der Waals surface area contributed by atoms with Crippen LogP contribution in [0, 0.1) is 6.92 Å². The predicted octanol–water partition coefficient (Wildman–Crippen LogP) is 3.71. The summed E-state index contributed by atoms with van der Waals surface area (Å²) in [6.07, 6.45) is 3.10. The van der Waals surface area contributed by atoms with E-state index < -0.39 is 0 Å². The minimum Gasteiger partial charge on any atom is -0.335 e. The van der Waals surface area contributed by atoms with Crippen molar-refractivity contribution in [1.82, 2.24) is 9.88 Å². The van der Waals surface area contributed by atoms with Crippen LogP contribution in [0.15, 0.2) is 42.7 Å². The van der Waals surface area contributed by atoms with Gasteiger partial charge in [0, 0.05) is 25.5 Å². The molecule has 20 heavy (non-hydrogen) atoms. The van der Waals surface area contributed by atoms with E-state index in [9.17, 15) is 4.79 Å². The molecule has 0 radical (unpaired) electrons. The van der Waals surface area contributed by atoms with Crippen molar-refractivity contribution in [3.63, 3.8) is 0 Å². The number of nitrogens with zero attached hydrogens (tertiary/aromatic N) is 2. The number of halogens is 1. The second kappa shape index (κ2) is 6.53. The lowest BCUT2D eigenvalue weighted by molar-refractivity contribution is 0.0752. The van der Waals surface area contributed by atoms with Crippen LogP contribution in [0.5, 0.6) is 0 Å². The first-order chi connectivity index (χ1) is 9.61. The Hall–Kier alpha value is -1.87. The molecule has 0 aliphatic carbocycles. The van der Waals surface area contributed by atoms with Gasteiger partial charge in [0.05, 0.1) is 10.6 Å². The lowest BCUT2D eigenvalue weighted by atomic mass is 10.1. The van der Waals surface area contributed by atoms with E-state index >= 15 is 0 Å². The summed E-state index contributed by atoms with van der Waals surface area (Å²) in [5.74, 6) is -0.0906. The van der Waals surface area contributed by atoms with E-state index in [1.165, 1.54) is 11.8 Å². The number of rotatable bonds is 4. The van der Waals surface area contributed by atoms with Crippen molar-refractivity contribution in [2.45, 2.75) is 20.4 Å². The highest BCUT2D eigenvalue weighted by molar-refractivity contribution is 6.33. The second-order valence-electron chi connectivity index (χ2n) is 4.66. The molecule has 4 heteroatoms. The molecule has 0 fully saturated rings. The van der Waals surface area contributed by atoms with Gasteiger partial charge in [-0.05, 0) is 25.5 Å². The number of carbonyl (C=O) groups is 1. The van der Waals surface area contributed by atoms with Crippen LogP contribution in [-0.2, 0) is 6.54 Å². The Morgan fingerprint density at radius 3 is 2.80 bits per heavy atom. The molecule has 0 unspecified atom stereocenters. The Kier molecular flexibility index (Phi) is 4.74. The van der Waals surface area contributed by atoms with Gasteiger partial charge in [-0.3, -0.25) is 9.78 Å². The Balaban J connectivity index is 2.20. The highest BCUT2D eigenvalue weighted by Crippen LogP contribution is 2.17. The molecule has 1 aromatic carbocycles. The number of amides is 1. The van der Waals surface area contributed by atoms with Crippen LogP contribution < -0.4 is 0 Å². The molecule has 0 spiro atoms. The Morgan fingerprint density at radius 2 is 2.15 bits per heavy atom. The van der Waals surface area contributed by atoms with Gasteiger partial charge in [0.15, 0.2) is 0 Å². The molecule has 0 bridgehead atoms. The zero-order chi connectivity index (χ0) is 14.5. The van der Waals surface area contributed by atoms with Crippen LogP contribution in [-0.4, -0.2) is 22.3 Å². The molecule has 0 atom stereocenters. The quantitative estimate of drug-likeness (QED) is 0.859. The fourth-order valence-corrected chi connectivity index (χ4v) is 2.25. The van der Waals surface area contributed by atoms with Crippen molar-refractivity contribution >= 4 is 17.5 Å². The lowest BCUT2D eigenvalue weighted by Crippen LogP contribution is -2.30. The number of aromatic nitrogens is 1. The van der Waals surface area contributed by atoms with Gasteiger partial charge in [-0.15, -0.1) is 0 Å². The van der Waals surface area contributed by atoms with Crippen LogP contribution in [0.1, 0.15) is 28.4 Å². The normalized spacial score (nSPS) is 10.3. The van der Waals surface area contributed by atoms with Gasteiger partial charge in [0.25, 0.3) is 5.91 Å². The van der Waals surface area contributed by atoms with Gasteiger partial charge in [0.2, 0.25) is 0 Å². The van der Waals surface area contributed by atoms with Crippen molar-refractivity contribution in [3.8, 4) is 0 Å². The molecule has 0 saturated carbocycles. The summed E-state index contributed by atoms with van der Waals surface area (Å²) in [4.78, 5) is 18.2. The molecule has 1 heterocycles. The van der Waals surface area contributed by atoms with Gasteiger partial charge in [-0.25, -0.2) is 0 Å². The molecule has 2 rings (SSSR count). The van der Waals surface area contributed by atoms with Gasteiger partial charge in [-0.1, -0.05) is 41.4 Å². The molecule has 0 saturated heterocycles. The molecule has 1 aromatic heterocycles. The van der Waals surface area contributed by atoms with Crippen molar-refractivity contribution in [1.29, 1.82) is 0 Å². The molecule has 0 aliphatic rings. The van der Waals surface area contributed by atoms with E-state index in [1.54, 1.807) is 17.2 Å². The van der Waals surface area contributed by atoms with Crippen molar-refractivity contribution in [2.24, 2.45) is 0 Å². The SMILES string of the molecule is CCN(Cc1cccc(C)c1)C(=O)c1cnccc1Cl. The number of aryl methyl sites for hydroxylation is 1. The minimum atomic E-state index is -0.0906. The zero-order valence-corrected chi connectivity index (χ0v) is 12.4. The van der Waals surface area contributed by atoms with Gasteiger partial charge >= 0.3 is 0 Å². The monoisotopic (exact) mass is 288 g/mol. The third kappa shape index (κ3) is 3.36. The Morgan fingerprint density at radius 1 is 1.35 bits per heavy atom. The molecule has 0 aliphatic heterocycles. The maximum Gasteiger partial charge on any atom is 0.257 e. The number of pyridine rings is 1. The highest BCUT2D eigenvalue weighted by Gasteiger charge is 2.17.